The van der Waals surface area contributed by atoms with Crippen LogP contribution in [0.3, 0.4) is 0 Å². The smallest absolute Gasteiger partial charge is 0.335 e. The summed E-state index contributed by atoms with van der Waals surface area (Å²) in [5.41, 5.74) is 1.06. The maximum absolute atomic E-state index is 7.18. The minimum atomic E-state index is -2.72. The number of fused-ring (bicyclic) bond motifs is 1. The van der Waals surface area contributed by atoms with Crippen LogP contribution in [-0.4, -0.2) is 62.0 Å². The van der Waals surface area contributed by atoms with E-state index in [2.05, 4.69) is 61.3 Å². The van der Waals surface area contributed by atoms with E-state index in [9.17, 15) is 0 Å². The Balaban J connectivity index is 2.53. The van der Waals surface area contributed by atoms with Gasteiger partial charge in [-0.2, -0.15) is 0 Å². The predicted octanol–water partition coefficient (Wildman–Crippen LogP) is 4.33. The third-order valence-corrected chi connectivity index (χ3v) is 16.4. The van der Waals surface area contributed by atoms with Crippen molar-refractivity contribution in [3.05, 3.63) is 0 Å². The lowest BCUT2D eigenvalue weighted by Crippen LogP contribution is -2.66. The van der Waals surface area contributed by atoms with Crippen molar-refractivity contribution in [3.63, 3.8) is 0 Å². The number of methoxy groups -OCH3 is 1. The molecule has 0 aromatic heterocycles. The number of hydrogen-bond donors (Lipinski definition) is 0. The van der Waals surface area contributed by atoms with Crippen molar-refractivity contribution < 1.29 is 27.2 Å². The van der Waals surface area contributed by atoms with Gasteiger partial charge in [-0.3, -0.25) is 0 Å². The molecule has 8 heteroatoms. The van der Waals surface area contributed by atoms with E-state index in [0.717, 1.165) is 0 Å². The SMILES string of the molecule is C#CCO[C@H]1[C@H](OC)O[C@@H]2CO[Si](C(C)C)(C(C)C)O[Si](C(C)C)(C(C)C)O[C@@H]12. The highest BCUT2D eigenvalue weighted by Gasteiger charge is 2.62. The summed E-state index contributed by atoms with van der Waals surface area (Å²) in [6.45, 7) is 18.2. The van der Waals surface area contributed by atoms with E-state index >= 15 is 0 Å². The molecule has 0 bridgehead atoms. The highest BCUT2D eigenvalue weighted by molar-refractivity contribution is 6.83. The van der Waals surface area contributed by atoms with Crippen molar-refractivity contribution in [2.45, 2.75) is 102 Å². The fourth-order valence-corrected chi connectivity index (χ4v) is 15.8. The van der Waals surface area contributed by atoms with Crippen LogP contribution in [0.25, 0.3) is 0 Å². The number of ether oxygens (including phenoxy) is 3. The molecule has 0 spiro atoms. The van der Waals surface area contributed by atoms with E-state index < -0.39 is 29.5 Å². The molecule has 4 atom stereocenters. The Morgan fingerprint density at radius 1 is 0.966 bits per heavy atom. The third-order valence-electron chi connectivity index (χ3n) is 6.19. The Hall–Kier alpha value is -0.246. The van der Waals surface area contributed by atoms with Crippen LogP contribution in [0.4, 0.5) is 0 Å². The Bertz CT molecular complexity index is 558. The molecule has 2 fully saturated rings. The molecule has 0 amide bonds. The largest absolute Gasteiger partial charge is 0.414 e. The topological polar surface area (TPSA) is 55.4 Å². The molecule has 168 valence electrons. The Morgan fingerprint density at radius 3 is 1.97 bits per heavy atom. The lowest BCUT2D eigenvalue weighted by molar-refractivity contribution is -0.161. The second-order valence-corrected chi connectivity index (χ2v) is 18.2. The van der Waals surface area contributed by atoms with Crippen molar-refractivity contribution >= 4 is 17.1 Å². The molecule has 2 heterocycles. The van der Waals surface area contributed by atoms with Crippen LogP contribution in [-0.2, 0) is 27.2 Å². The van der Waals surface area contributed by atoms with Crippen LogP contribution in [0.2, 0.25) is 22.2 Å². The maximum atomic E-state index is 7.18. The molecule has 0 N–H and O–H groups in total. The first-order valence-electron chi connectivity index (χ1n) is 10.8. The van der Waals surface area contributed by atoms with Crippen molar-refractivity contribution in [2.75, 3.05) is 20.3 Å². The van der Waals surface area contributed by atoms with Gasteiger partial charge in [-0.25, -0.2) is 0 Å². The molecule has 2 rings (SSSR count). The molecular weight excluding hydrogens is 404 g/mol. The lowest BCUT2D eigenvalue weighted by Gasteiger charge is -2.51. The Labute approximate surface area is 179 Å². The molecule has 6 nitrogen and oxygen atoms in total. The molecule has 0 aromatic carbocycles. The van der Waals surface area contributed by atoms with Gasteiger partial charge in [-0.15, -0.1) is 6.42 Å². The van der Waals surface area contributed by atoms with Gasteiger partial charge >= 0.3 is 17.1 Å². The van der Waals surface area contributed by atoms with Crippen LogP contribution in [0, 0.1) is 12.3 Å². The summed E-state index contributed by atoms with van der Waals surface area (Å²) in [5.74, 6) is 2.54. The quantitative estimate of drug-likeness (QED) is 0.430. The molecule has 0 radical (unpaired) electrons. The van der Waals surface area contributed by atoms with E-state index in [0.29, 0.717) is 17.7 Å². The second-order valence-electron chi connectivity index (χ2n) is 9.32. The van der Waals surface area contributed by atoms with Gasteiger partial charge in [0.15, 0.2) is 6.29 Å². The first-order chi connectivity index (χ1) is 13.6. The first-order valence-corrected chi connectivity index (χ1v) is 14.7. The van der Waals surface area contributed by atoms with E-state index in [1.165, 1.54) is 0 Å². The number of hydrogen-bond acceptors (Lipinski definition) is 6. The van der Waals surface area contributed by atoms with Crippen molar-refractivity contribution in [1.82, 2.24) is 0 Å². The van der Waals surface area contributed by atoms with Gasteiger partial charge in [0.2, 0.25) is 0 Å². The van der Waals surface area contributed by atoms with Crippen LogP contribution in [0.5, 0.6) is 0 Å². The van der Waals surface area contributed by atoms with E-state index in [-0.39, 0.29) is 29.9 Å². The monoisotopic (exact) mass is 444 g/mol. The fraction of sp³-hybridized carbons (Fsp3) is 0.905. The zero-order chi connectivity index (χ0) is 22.0. The van der Waals surface area contributed by atoms with Crippen molar-refractivity contribution in [3.8, 4) is 12.3 Å². The molecule has 2 saturated heterocycles. The van der Waals surface area contributed by atoms with Crippen molar-refractivity contribution in [1.29, 1.82) is 0 Å². The molecule has 0 aliphatic carbocycles. The van der Waals surface area contributed by atoms with Gasteiger partial charge in [-0.1, -0.05) is 61.3 Å². The van der Waals surface area contributed by atoms with Gasteiger partial charge in [0.05, 0.1) is 6.61 Å². The summed E-state index contributed by atoms with van der Waals surface area (Å²) in [6, 6.07) is 0. The zero-order valence-electron chi connectivity index (χ0n) is 19.6. The van der Waals surface area contributed by atoms with E-state index in [1.54, 1.807) is 7.11 Å². The normalized spacial score (nSPS) is 31.7. The zero-order valence-corrected chi connectivity index (χ0v) is 21.6. The molecular formula is C21H40O6Si2. The van der Waals surface area contributed by atoms with Crippen LogP contribution in [0.15, 0.2) is 0 Å². The molecule has 2 aliphatic heterocycles. The molecule has 0 saturated carbocycles. The Morgan fingerprint density at radius 2 is 1.52 bits per heavy atom. The van der Waals surface area contributed by atoms with E-state index in [4.69, 9.17) is 33.6 Å². The highest BCUT2D eigenvalue weighted by atomic mass is 28.5. The van der Waals surface area contributed by atoms with Gasteiger partial charge < -0.3 is 27.2 Å². The molecule has 2 aliphatic rings. The van der Waals surface area contributed by atoms with Crippen LogP contribution < -0.4 is 0 Å². The summed E-state index contributed by atoms with van der Waals surface area (Å²) in [7, 11) is -3.68. The van der Waals surface area contributed by atoms with Crippen LogP contribution in [0.1, 0.15) is 55.4 Å². The Kier molecular flexibility index (Phi) is 8.56. The number of terminal acetylenes is 1. The number of rotatable bonds is 7. The summed E-state index contributed by atoms with van der Waals surface area (Å²) in [4.78, 5) is 0. The molecule has 0 aromatic rings. The summed E-state index contributed by atoms with van der Waals surface area (Å²) in [5, 5.41) is 0. The average Bonchev–Trinajstić information content (AvgIpc) is 2.94. The lowest BCUT2D eigenvalue weighted by atomic mass is 10.1. The predicted molar refractivity (Wildman–Crippen MR) is 118 cm³/mol. The summed E-state index contributed by atoms with van der Waals surface area (Å²) < 4.78 is 38.6. The minimum absolute atomic E-state index is 0.177. The van der Waals surface area contributed by atoms with Gasteiger partial charge in [-0.05, 0) is 22.2 Å². The highest BCUT2D eigenvalue weighted by Crippen LogP contribution is 2.47. The van der Waals surface area contributed by atoms with Crippen LogP contribution >= 0.6 is 0 Å². The first kappa shape index (κ1) is 25.0. The van der Waals surface area contributed by atoms with Gasteiger partial charge in [0.25, 0.3) is 0 Å². The van der Waals surface area contributed by atoms with Gasteiger partial charge in [0, 0.05) is 7.11 Å². The molecule has 0 unspecified atom stereocenters. The van der Waals surface area contributed by atoms with Gasteiger partial charge in [0.1, 0.15) is 24.9 Å². The fourth-order valence-electron chi connectivity index (χ4n) is 4.62. The second kappa shape index (κ2) is 9.92. The maximum Gasteiger partial charge on any atom is 0.335 e. The molecule has 29 heavy (non-hydrogen) atoms. The van der Waals surface area contributed by atoms with Crippen molar-refractivity contribution in [2.24, 2.45) is 0 Å². The van der Waals surface area contributed by atoms with E-state index in [1.807, 2.05) is 0 Å². The summed E-state index contributed by atoms with van der Waals surface area (Å²) in [6.07, 6.45) is 3.87. The standard InChI is InChI=1S/C21H40O6Si2/c1-11-12-23-20-19-18(25-21(20)22-10)13-24-28(14(2)3,15(4)5)27-29(26-19,16(6)7)17(8)9/h1,14-21H,12-13H2,2-10H3/t18-,19-,20-,21-/m1/s1. The average molecular weight is 445 g/mol. The third kappa shape index (κ3) is 4.67. The summed E-state index contributed by atoms with van der Waals surface area (Å²) >= 11 is 0. The minimum Gasteiger partial charge on any atom is -0.414 e.